The van der Waals surface area contributed by atoms with Crippen LogP contribution in [0.5, 0.6) is 11.5 Å². The summed E-state index contributed by atoms with van der Waals surface area (Å²) in [5, 5.41) is 0. The van der Waals surface area contributed by atoms with Crippen molar-refractivity contribution in [3.8, 4) is 11.5 Å². The molecule has 1 saturated heterocycles. The Morgan fingerprint density at radius 1 is 1.15 bits per heavy atom. The first-order chi connectivity index (χ1) is 12.5. The van der Waals surface area contributed by atoms with Gasteiger partial charge in [-0.05, 0) is 44.5 Å². The third-order valence-electron chi connectivity index (χ3n) is 3.33. The second-order valence-corrected chi connectivity index (χ2v) is 6.82. The van der Waals surface area contributed by atoms with E-state index in [2.05, 4.69) is 0 Å². The van der Waals surface area contributed by atoms with Gasteiger partial charge in [-0.2, -0.15) is 0 Å². The zero-order valence-corrected chi connectivity index (χ0v) is 16.6. The molecule has 1 aromatic rings. The first-order valence-electron chi connectivity index (χ1n) is 8.30. The zero-order chi connectivity index (χ0) is 19.1. The molecule has 6 nitrogen and oxygen atoms in total. The largest absolute Gasteiger partial charge is 0.490 e. The maximum absolute atomic E-state index is 12.5. The molecule has 1 aliphatic heterocycles. The predicted molar refractivity (Wildman–Crippen MR) is 105 cm³/mol. The van der Waals surface area contributed by atoms with Crippen LogP contribution in [0.15, 0.2) is 23.1 Å². The van der Waals surface area contributed by atoms with Crippen molar-refractivity contribution in [2.24, 2.45) is 0 Å². The second-order valence-electron chi connectivity index (χ2n) is 5.15. The average Bonchev–Trinajstić information content (AvgIpc) is 2.85. The number of rotatable bonds is 8. The minimum Gasteiger partial charge on any atom is -0.490 e. The minimum absolute atomic E-state index is 0.177. The number of nitrogens with zero attached hydrogens (tertiary/aromatic N) is 1. The van der Waals surface area contributed by atoms with Gasteiger partial charge in [-0.1, -0.05) is 30.0 Å². The number of thiocarbonyl (C=S) groups is 1. The summed E-state index contributed by atoms with van der Waals surface area (Å²) in [5.74, 6) is 0.483. The molecule has 1 fully saturated rings. The van der Waals surface area contributed by atoms with E-state index in [-0.39, 0.29) is 19.1 Å². The molecule has 0 aliphatic carbocycles. The van der Waals surface area contributed by atoms with Crippen molar-refractivity contribution in [2.75, 3.05) is 26.4 Å². The van der Waals surface area contributed by atoms with Gasteiger partial charge in [0.05, 0.1) is 24.7 Å². The molecule has 1 aromatic carbocycles. The topological polar surface area (TPSA) is 65.1 Å². The molecule has 0 aromatic heterocycles. The van der Waals surface area contributed by atoms with Crippen LogP contribution in [-0.4, -0.2) is 47.5 Å². The first-order valence-corrected chi connectivity index (χ1v) is 9.53. The number of carbonyl (C=O) groups excluding carboxylic acids is 2. The summed E-state index contributed by atoms with van der Waals surface area (Å²) in [6.07, 6.45) is 1.72. The molecule has 2 rings (SSSR count). The molecule has 1 heterocycles. The van der Waals surface area contributed by atoms with E-state index in [1.807, 2.05) is 26.0 Å². The van der Waals surface area contributed by atoms with E-state index >= 15 is 0 Å². The van der Waals surface area contributed by atoms with Crippen LogP contribution < -0.4 is 9.47 Å². The van der Waals surface area contributed by atoms with E-state index in [1.54, 1.807) is 19.1 Å². The smallest absolute Gasteiger partial charge is 0.326 e. The van der Waals surface area contributed by atoms with Gasteiger partial charge < -0.3 is 14.2 Å². The average molecular weight is 396 g/mol. The van der Waals surface area contributed by atoms with Crippen LogP contribution in [-0.2, 0) is 14.3 Å². The van der Waals surface area contributed by atoms with Crippen LogP contribution in [0, 0.1) is 0 Å². The van der Waals surface area contributed by atoms with Crippen molar-refractivity contribution in [2.45, 2.75) is 20.8 Å². The summed E-state index contributed by atoms with van der Waals surface area (Å²) in [6, 6.07) is 5.46. The lowest BCUT2D eigenvalue weighted by Gasteiger charge is -2.13. The Balaban J connectivity index is 2.21. The summed E-state index contributed by atoms with van der Waals surface area (Å²) in [6.45, 7) is 6.63. The minimum atomic E-state index is -0.482. The first kappa shape index (κ1) is 20.3. The van der Waals surface area contributed by atoms with Crippen LogP contribution >= 0.6 is 24.0 Å². The highest BCUT2D eigenvalue weighted by molar-refractivity contribution is 8.26. The molecular formula is C18H21NO5S2. The SMILES string of the molecule is CCOC(=O)CN1C(=O)/C(=C/c2ccc(OCC)c(OCC)c2)SC1=S. The summed E-state index contributed by atoms with van der Waals surface area (Å²) in [5.41, 5.74) is 0.786. The third-order valence-corrected chi connectivity index (χ3v) is 4.71. The Kier molecular flexibility index (Phi) is 7.47. The van der Waals surface area contributed by atoms with E-state index in [4.69, 9.17) is 26.4 Å². The third kappa shape index (κ3) is 4.98. The molecule has 0 atom stereocenters. The summed E-state index contributed by atoms with van der Waals surface area (Å²) in [7, 11) is 0. The number of hydrogen-bond acceptors (Lipinski definition) is 7. The fraction of sp³-hybridized carbons (Fsp3) is 0.389. The number of benzene rings is 1. The number of ether oxygens (including phenoxy) is 3. The maximum atomic E-state index is 12.5. The molecule has 0 saturated carbocycles. The predicted octanol–water partition coefficient (Wildman–Crippen LogP) is 3.25. The fourth-order valence-electron chi connectivity index (χ4n) is 2.28. The van der Waals surface area contributed by atoms with Crippen LogP contribution in [0.1, 0.15) is 26.3 Å². The molecule has 140 valence electrons. The summed E-state index contributed by atoms with van der Waals surface area (Å²) >= 11 is 6.37. The fourth-order valence-corrected chi connectivity index (χ4v) is 3.54. The van der Waals surface area contributed by atoms with Crippen molar-refractivity contribution in [3.63, 3.8) is 0 Å². The van der Waals surface area contributed by atoms with E-state index in [0.717, 1.165) is 17.3 Å². The number of esters is 1. The molecule has 1 aliphatic rings. The number of carbonyl (C=O) groups is 2. The van der Waals surface area contributed by atoms with Crippen molar-refractivity contribution >= 4 is 46.3 Å². The molecule has 0 radical (unpaired) electrons. The second kappa shape index (κ2) is 9.59. The normalized spacial score (nSPS) is 15.5. The van der Waals surface area contributed by atoms with Gasteiger partial charge in [0.2, 0.25) is 0 Å². The highest BCUT2D eigenvalue weighted by atomic mass is 32.2. The molecule has 1 amide bonds. The molecule has 8 heteroatoms. The van der Waals surface area contributed by atoms with E-state index in [1.165, 1.54) is 4.90 Å². The summed E-state index contributed by atoms with van der Waals surface area (Å²) < 4.78 is 16.4. The molecule has 0 spiro atoms. The number of thioether (sulfide) groups is 1. The monoisotopic (exact) mass is 395 g/mol. The number of amides is 1. The van der Waals surface area contributed by atoms with Gasteiger partial charge in [-0.25, -0.2) is 0 Å². The van der Waals surface area contributed by atoms with Gasteiger partial charge in [0.1, 0.15) is 10.9 Å². The molecule has 0 N–H and O–H groups in total. The zero-order valence-electron chi connectivity index (χ0n) is 14.9. The van der Waals surface area contributed by atoms with Gasteiger partial charge >= 0.3 is 5.97 Å². The Labute approximate surface area is 162 Å². The Morgan fingerprint density at radius 3 is 2.50 bits per heavy atom. The lowest BCUT2D eigenvalue weighted by Crippen LogP contribution is -2.34. The van der Waals surface area contributed by atoms with E-state index in [9.17, 15) is 9.59 Å². The van der Waals surface area contributed by atoms with E-state index < -0.39 is 5.97 Å². The van der Waals surface area contributed by atoms with Crippen LogP contribution in [0.4, 0.5) is 0 Å². The highest BCUT2D eigenvalue weighted by Gasteiger charge is 2.33. The molecule has 26 heavy (non-hydrogen) atoms. The lowest BCUT2D eigenvalue weighted by molar-refractivity contribution is -0.145. The quantitative estimate of drug-likeness (QED) is 0.380. The van der Waals surface area contributed by atoms with Crippen molar-refractivity contribution in [1.82, 2.24) is 4.90 Å². The van der Waals surface area contributed by atoms with E-state index in [0.29, 0.717) is 33.9 Å². The van der Waals surface area contributed by atoms with Crippen LogP contribution in [0.3, 0.4) is 0 Å². The van der Waals surface area contributed by atoms with Gasteiger partial charge in [0.25, 0.3) is 5.91 Å². The molecular weight excluding hydrogens is 374 g/mol. The Hall–Kier alpha value is -2.06. The lowest BCUT2D eigenvalue weighted by atomic mass is 10.2. The highest BCUT2D eigenvalue weighted by Crippen LogP contribution is 2.34. The van der Waals surface area contributed by atoms with Crippen molar-refractivity contribution in [1.29, 1.82) is 0 Å². The maximum Gasteiger partial charge on any atom is 0.326 e. The van der Waals surface area contributed by atoms with Crippen LogP contribution in [0.2, 0.25) is 0 Å². The Bertz CT molecular complexity index is 732. The molecule has 0 unspecified atom stereocenters. The van der Waals surface area contributed by atoms with Crippen molar-refractivity contribution in [3.05, 3.63) is 28.7 Å². The van der Waals surface area contributed by atoms with Gasteiger partial charge in [-0.3, -0.25) is 14.5 Å². The van der Waals surface area contributed by atoms with Crippen molar-refractivity contribution < 1.29 is 23.8 Å². The standard InChI is InChI=1S/C18H21NO5S2/c1-4-22-13-8-7-12(9-14(13)23-5-2)10-15-17(21)19(18(25)26-15)11-16(20)24-6-3/h7-10H,4-6,11H2,1-3H3/b15-10-. The number of hydrogen-bond donors (Lipinski definition) is 0. The van der Waals surface area contributed by atoms with Crippen LogP contribution in [0.25, 0.3) is 6.08 Å². The van der Waals surface area contributed by atoms with Gasteiger partial charge in [0, 0.05) is 0 Å². The summed E-state index contributed by atoms with van der Waals surface area (Å²) in [4.78, 5) is 25.9. The van der Waals surface area contributed by atoms with Gasteiger partial charge in [0.15, 0.2) is 11.5 Å². The molecule has 0 bridgehead atoms. The van der Waals surface area contributed by atoms with Gasteiger partial charge in [-0.15, -0.1) is 0 Å². The Morgan fingerprint density at radius 2 is 1.85 bits per heavy atom.